The SMILES string of the molecule is CC(C)(CCCOc1cc(Cl)ccc1Cl)C(=O)N[C@@H]1CCNC[C@H]1F. The molecule has 2 rings (SSSR count). The first-order valence-corrected chi connectivity index (χ1v) is 9.29. The van der Waals surface area contributed by atoms with E-state index in [4.69, 9.17) is 27.9 Å². The second-order valence-electron chi connectivity index (χ2n) is 7.00. The van der Waals surface area contributed by atoms with Crippen LogP contribution in [0.4, 0.5) is 4.39 Å². The zero-order chi connectivity index (χ0) is 18.4. The average molecular weight is 391 g/mol. The van der Waals surface area contributed by atoms with Crippen LogP contribution in [0, 0.1) is 5.41 Å². The average Bonchev–Trinajstić information content (AvgIpc) is 2.56. The summed E-state index contributed by atoms with van der Waals surface area (Å²) in [7, 11) is 0. The van der Waals surface area contributed by atoms with Crippen LogP contribution in [0.15, 0.2) is 18.2 Å². The maximum absolute atomic E-state index is 13.8. The number of carbonyl (C=O) groups is 1. The van der Waals surface area contributed by atoms with Crippen LogP contribution in [0.1, 0.15) is 33.1 Å². The van der Waals surface area contributed by atoms with Crippen molar-refractivity contribution in [2.45, 2.75) is 45.3 Å². The third kappa shape index (κ3) is 6.01. The van der Waals surface area contributed by atoms with Crippen molar-refractivity contribution < 1.29 is 13.9 Å². The third-order valence-corrected chi connectivity index (χ3v) is 4.98. The zero-order valence-corrected chi connectivity index (χ0v) is 16.1. The predicted octanol–water partition coefficient (Wildman–Crippen LogP) is 3.99. The quantitative estimate of drug-likeness (QED) is 0.691. The van der Waals surface area contributed by atoms with E-state index >= 15 is 0 Å². The molecule has 1 aliphatic rings. The summed E-state index contributed by atoms with van der Waals surface area (Å²) in [5.74, 6) is 0.411. The number of nitrogens with one attached hydrogen (secondary N) is 2. The summed E-state index contributed by atoms with van der Waals surface area (Å²) in [5, 5.41) is 6.89. The van der Waals surface area contributed by atoms with Gasteiger partial charge in [0.15, 0.2) is 0 Å². The highest BCUT2D eigenvalue weighted by Crippen LogP contribution is 2.29. The van der Waals surface area contributed by atoms with Gasteiger partial charge in [-0.05, 0) is 37.9 Å². The van der Waals surface area contributed by atoms with E-state index in [0.29, 0.717) is 48.2 Å². The van der Waals surface area contributed by atoms with Gasteiger partial charge in [0.05, 0.1) is 17.7 Å². The van der Waals surface area contributed by atoms with E-state index in [1.807, 2.05) is 13.8 Å². The molecular formula is C18H25Cl2FN2O2. The lowest BCUT2D eigenvalue weighted by atomic mass is 9.86. The molecule has 1 aliphatic heterocycles. The van der Waals surface area contributed by atoms with E-state index in [9.17, 15) is 9.18 Å². The van der Waals surface area contributed by atoms with Crippen LogP contribution in [0.5, 0.6) is 5.75 Å². The first-order chi connectivity index (χ1) is 11.8. The number of ether oxygens (including phenoxy) is 1. The van der Waals surface area contributed by atoms with Crippen LogP contribution < -0.4 is 15.4 Å². The van der Waals surface area contributed by atoms with Crippen LogP contribution >= 0.6 is 23.2 Å². The summed E-state index contributed by atoms with van der Waals surface area (Å²) in [4.78, 5) is 12.5. The molecule has 2 atom stereocenters. The molecule has 0 radical (unpaired) electrons. The number of alkyl halides is 1. The summed E-state index contributed by atoms with van der Waals surface area (Å²) in [6.45, 7) is 5.17. The molecule has 1 heterocycles. The van der Waals surface area contributed by atoms with Crippen molar-refractivity contribution in [1.82, 2.24) is 10.6 Å². The van der Waals surface area contributed by atoms with Gasteiger partial charge in [-0.1, -0.05) is 37.0 Å². The molecule has 25 heavy (non-hydrogen) atoms. The summed E-state index contributed by atoms with van der Waals surface area (Å²) >= 11 is 12.0. The van der Waals surface area contributed by atoms with E-state index in [2.05, 4.69) is 10.6 Å². The standard InChI is InChI=1S/C18H25Cl2FN2O2/c1-18(2,17(24)23-15-6-8-22-11-14(15)21)7-3-9-25-16-10-12(19)4-5-13(16)20/h4-5,10,14-15,22H,3,6-9,11H2,1-2H3,(H,23,24)/t14-,15-/m1/s1. The highest BCUT2D eigenvalue weighted by Gasteiger charge is 2.32. The van der Waals surface area contributed by atoms with E-state index in [1.165, 1.54) is 0 Å². The molecule has 7 heteroatoms. The second-order valence-corrected chi connectivity index (χ2v) is 7.84. The fourth-order valence-electron chi connectivity index (χ4n) is 2.74. The summed E-state index contributed by atoms with van der Waals surface area (Å²) in [6, 6.07) is 4.64. The van der Waals surface area contributed by atoms with Crippen LogP contribution in [0.3, 0.4) is 0 Å². The Morgan fingerprint density at radius 2 is 2.20 bits per heavy atom. The van der Waals surface area contributed by atoms with Gasteiger partial charge >= 0.3 is 0 Å². The topological polar surface area (TPSA) is 50.4 Å². The fourth-order valence-corrected chi connectivity index (χ4v) is 3.08. The minimum Gasteiger partial charge on any atom is -0.492 e. The molecule has 0 aromatic heterocycles. The highest BCUT2D eigenvalue weighted by atomic mass is 35.5. The molecule has 0 aliphatic carbocycles. The lowest BCUT2D eigenvalue weighted by Gasteiger charge is -2.31. The lowest BCUT2D eigenvalue weighted by Crippen LogP contribution is -2.53. The number of rotatable bonds is 7. The number of carbonyl (C=O) groups excluding carboxylic acids is 1. The van der Waals surface area contributed by atoms with Gasteiger partial charge in [-0.2, -0.15) is 0 Å². The maximum atomic E-state index is 13.8. The van der Waals surface area contributed by atoms with E-state index in [0.717, 1.165) is 6.54 Å². The molecule has 2 N–H and O–H groups in total. The van der Waals surface area contributed by atoms with Crippen molar-refractivity contribution >= 4 is 29.1 Å². The molecular weight excluding hydrogens is 366 g/mol. The fraction of sp³-hybridized carbons (Fsp3) is 0.611. The minimum absolute atomic E-state index is 0.122. The molecule has 1 fully saturated rings. The Labute approximate surface area is 158 Å². The van der Waals surface area contributed by atoms with Crippen molar-refractivity contribution in [2.24, 2.45) is 5.41 Å². The molecule has 1 saturated heterocycles. The number of halogens is 3. The van der Waals surface area contributed by atoms with E-state index in [1.54, 1.807) is 18.2 Å². The van der Waals surface area contributed by atoms with Crippen molar-refractivity contribution in [3.8, 4) is 5.75 Å². The summed E-state index contributed by atoms with van der Waals surface area (Å²) in [6.07, 6.45) is 0.870. The van der Waals surface area contributed by atoms with Crippen LogP contribution in [0.2, 0.25) is 10.0 Å². The Morgan fingerprint density at radius 1 is 1.44 bits per heavy atom. The Kier molecular flexibility index (Phi) is 7.35. The van der Waals surface area contributed by atoms with Crippen molar-refractivity contribution in [2.75, 3.05) is 19.7 Å². The largest absolute Gasteiger partial charge is 0.492 e. The monoisotopic (exact) mass is 390 g/mol. The second kappa shape index (κ2) is 9.06. The Morgan fingerprint density at radius 3 is 2.92 bits per heavy atom. The third-order valence-electron chi connectivity index (χ3n) is 4.44. The van der Waals surface area contributed by atoms with Crippen molar-refractivity contribution in [3.05, 3.63) is 28.2 Å². The number of piperidine rings is 1. The molecule has 1 amide bonds. The highest BCUT2D eigenvalue weighted by molar-refractivity contribution is 6.34. The molecule has 140 valence electrons. The Bertz CT molecular complexity index is 598. The van der Waals surface area contributed by atoms with E-state index < -0.39 is 17.6 Å². The van der Waals surface area contributed by atoms with Crippen molar-refractivity contribution in [1.29, 1.82) is 0 Å². The molecule has 0 bridgehead atoms. The number of hydrogen-bond acceptors (Lipinski definition) is 3. The van der Waals surface area contributed by atoms with Gasteiger partial charge in [0, 0.05) is 23.0 Å². The molecule has 4 nitrogen and oxygen atoms in total. The first-order valence-electron chi connectivity index (χ1n) is 8.53. The molecule has 0 saturated carbocycles. The van der Waals surface area contributed by atoms with Gasteiger partial charge in [-0.25, -0.2) is 4.39 Å². The first kappa shape index (κ1) is 20.3. The minimum atomic E-state index is -1.04. The predicted molar refractivity (Wildman–Crippen MR) is 99.3 cm³/mol. The summed E-state index contributed by atoms with van der Waals surface area (Å²) in [5.41, 5.74) is -0.591. The summed E-state index contributed by atoms with van der Waals surface area (Å²) < 4.78 is 19.5. The molecule has 1 aromatic carbocycles. The van der Waals surface area contributed by atoms with Crippen LogP contribution in [-0.4, -0.2) is 37.8 Å². The normalized spacial score (nSPS) is 21.0. The number of benzene rings is 1. The number of hydrogen-bond donors (Lipinski definition) is 2. The number of amides is 1. The van der Waals surface area contributed by atoms with E-state index in [-0.39, 0.29) is 5.91 Å². The van der Waals surface area contributed by atoms with Gasteiger partial charge in [0.1, 0.15) is 11.9 Å². The Balaban J connectivity index is 1.78. The molecule has 0 unspecified atom stereocenters. The van der Waals surface area contributed by atoms with Gasteiger partial charge in [0.2, 0.25) is 5.91 Å². The van der Waals surface area contributed by atoms with Gasteiger partial charge in [0.25, 0.3) is 0 Å². The zero-order valence-electron chi connectivity index (χ0n) is 14.6. The molecule has 1 aromatic rings. The van der Waals surface area contributed by atoms with Crippen LogP contribution in [-0.2, 0) is 4.79 Å². The lowest BCUT2D eigenvalue weighted by molar-refractivity contribution is -0.131. The molecule has 0 spiro atoms. The van der Waals surface area contributed by atoms with Gasteiger partial charge < -0.3 is 15.4 Å². The van der Waals surface area contributed by atoms with Gasteiger partial charge in [-0.15, -0.1) is 0 Å². The maximum Gasteiger partial charge on any atom is 0.225 e. The van der Waals surface area contributed by atoms with Gasteiger partial charge in [-0.3, -0.25) is 4.79 Å². The smallest absolute Gasteiger partial charge is 0.225 e. The Hall–Kier alpha value is -1.04. The van der Waals surface area contributed by atoms with Crippen molar-refractivity contribution in [3.63, 3.8) is 0 Å². The van der Waals surface area contributed by atoms with Crippen LogP contribution in [0.25, 0.3) is 0 Å².